The van der Waals surface area contributed by atoms with Crippen LogP contribution in [0.4, 0.5) is 4.39 Å². The zero-order chi connectivity index (χ0) is 21.0. The van der Waals surface area contributed by atoms with Gasteiger partial charge >= 0.3 is 0 Å². The number of piperidine rings is 1. The average Bonchev–Trinajstić information content (AvgIpc) is 3.09. The highest BCUT2D eigenvalue weighted by molar-refractivity contribution is 7.88. The Labute approximate surface area is 169 Å². The first-order valence-electron chi connectivity index (χ1n) is 9.45. The van der Waals surface area contributed by atoms with Gasteiger partial charge in [0.15, 0.2) is 0 Å². The van der Waals surface area contributed by atoms with Gasteiger partial charge in [-0.3, -0.25) is 4.79 Å². The molecule has 2 aromatic rings. The van der Waals surface area contributed by atoms with E-state index in [1.54, 1.807) is 24.0 Å². The van der Waals surface area contributed by atoms with Crippen molar-refractivity contribution >= 4 is 15.9 Å². The van der Waals surface area contributed by atoms with Gasteiger partial charge in [0.2, 0.25) is 15.9 Å². The van der Waals surface area contributed by atoms with Crippen LogP contribution in [0.15, 0.2) is 24.3 Å². The predicted molar refractivity (Wildman–Crippen MR) is 104 cm³/mol. The third-order valence-electron chi connectivity index (χ3n) is 5.02. The van der Waals surface area contributed by atoms with Crippen molar-refractivity contribution in [2.24, 2.45) is 5.92 Å². The molecule has 29 heavy (non-hydrogen) atoms. The normalized spacial score (nSPS) is 18.6. The maximum Gasteiger partial charge on any atom is 0.247 e. The fourth-order valence-electron chi connectivity index (χ4n) is 3.60. The first-order chi connectivity index (χ1) is 13.7. The number of carbonyl (C=O) groups is 1. The van der Waals surface area contributed by atoms with Gasteiger partial charge in [-0.2, -0.15) is 0 Å². The first-order valence-corrected chi connectivity index (χ1v) is 11.3. The van der Waals surface area contributed by atoms with Crippen LogP contribution in [-0.4, -0.2) is 65.3 Å². The van der Waals surface area contributed by atoms with E-state index in [2.05, 4.69) is 20.2 Å². The molecule has 1 saturated heterocycles. The van der Waals surface area contributed by atoms with Crippen molar-refractivity contribution < 1.29 is 17.6 Å². The summed E-state index contributed by atoms with van der Waals surface area (Å²) in [6, 6.07) is 5.42. The molecule has 9 nitrogen and oxygen atoms in total. The highest BCUT2D eigenvalue weighted by Gasteiger charge is 2.32. The smallest absolute Gasteiger partial charge is 0.247 e. The minimum Gasteiger partial charge on any atom is -0.341 e. The second-order valence-electron chi connectivity index (χ2n) is 7.43. The quantitative estimate of drug-likeness (QED) is 0.700. The van der Waals surface area contributed by atoms with E-state index in [1.165, 1.54) is 16.8 Å². The van der Waals surface area contributed by atoms with Crippen LogP contribution in [0.2, 0.25) is 0 Å². The Kier molecular flexibility index (Phi) is 6.58. The summed E-state index contributed by atoms with van der Waals surface area (Å²) in [4.78, 5) is 15.1. The molecular weight excluding hydrogens is 399 g/mol. The van der Waals surface area contributed by atoms with E-state index >= 15 is 0 Å². The standard InChI is InChI=1S/C18H25FN6O3S/c1-13-21-22-23-25(13)17(10-14-5-3-7-16(19)9-14)18(26)24-8-4-6-15(12-24)11-20-29(2,27)28/h3,5,7,9,15,17,20H,4,6,8,10-12H2,1-2H3/t15-,17-/m1/s1. The maximum absolute atomic E-state index is 13.6. The lowest BCUT2D eigenvalue weighted by atomic mass is 9.96. The number of tetrazole rings is 1. The molecule has 1 amide bonds. The molecule has 1 aliphatic rings. The van der Waals surface area contributed by atoms with E-state index in [-0.39, 0.29) is 24.1 Å². The molecule has 0 unspecified atom stereocenters. The summed E-state index contributed by atoms with van der Waals surface area (Å²) in [6.07, 6.45) is 2.99. The molecule has 0 saturated carbocycles. The van der Waals surface area contributed by atoms with Crippen LogP contribution < -0.4 is 4.72 Å². The van der Waals surface area contributed by atoms with Crippen molar-refractivity contribution in [1.82, 2.24) is 29.8 Å². The fraction of sp³-hybridized carbons (Fsp3) is 0.556. The van der Waals surface area contributed by atoms with Gasteiger partial charge in [-0.05, 0) is 53.8 Å². The molecule has 0 spiro atoms. The van der Waals surface area contributed by atoms with E-state index in [1.807, 2.05) is 0 Å². The van der Waals surface area contributed by atoms with E-state index in [0.717, 1.165) is 19.1 Å². The molecule has 1 aliphatic heterocycles. The molecule has 1 fully saturated rings. The van der Waals surface area contributed by atoms with Crippen LogP contribution in [0.5, 0.6) is 0 Å². The largest absolute Gasteiger partial charge is 0.341 e. The van der Waals surface area contributed by atoms with Crippen LogP contribution in [-0.2, 0) is 21.2 Å². The Bertz CT molecular complexity index is 964. The van der Waals surface area contributed by atoms with Gasteiger partial charge < -0.3 is 4.90 Å². The number of aryl methyl sites for hydroxylation is 1. The number of benzene rings is 1. The SMILES string of the molecule is Cc1nnnn1[C@H](Cc1cccc(F)c1)C(=O)N1CCC[C@H](CNS(C)(=O)=O)C1. The summed E-state index contributed by atoms with van der Waals surface area (Å²) in [6.45, 7) is 3.03. The number of rotatable bonds is 7. The Morgan fingerprint density at radius 1 is 1.41 bits per heavy atom. The van der Waals surface area contributed by atoms with Gasteiger partial charge in [0.25, 0.3) is 0 Å². The van der Waals surface area contributed by atoms with Crippen molar-refractivity contribution in [2.45, 2.75) is 32.2 Å². The number of nitrogens with zero attached hydrogens (tertiary/aromatic N) is 5. The summed E-state index contributed by atoms with van der Waals surface area (Å²) in [5.41, 5.74) is 0.672. The summed E-state index contributed by atoms with van der Waals surface area (Å²) in [5, 5.41) is 11.5. The molecule has 1 N–H and O–H groups in total. The second-order valence-corrected chi connectivity index (χ2v) is 9.27. The Balaban J connectivity index is 1.78. The molecule has 158 valence electrons. The minimum absolute atomic E-state index is 0.0345. The van der Waals surface area contributed by atoms with E-state index in [4.69, 9.17) is 0 Å². The summed E-state index contributed by atoms with van der Waals surface area (Å²) < 4.78 is 40.4. The van der Waals surface area contributed by atoms with Crippen LogP contribution in [0.3, 0.4) is 0 Å². The summed E-state index contributed by atoms with van der Waals surface area (Å²) in [7, 11) is -3.28. The van der Waals surface area contributed by atoms with Crippen molar-refractivity contribution in [3.05, 3.63) is 41.5 Å². The molecule has 0 bridgehead atoms. The molecule has 2 heterocycles. The van der Waals surface area contributed by atoms with Crippen molar-refractivity contribution in [3.8, 4) is 0 Å². The number of nitrogens with one attached hydrogen (secondary N) is 1. The highest BCUT2D eigenvalue weighted by Crippen LogP contribution is 2.23. The first kappa shape index (κ1) is 21.3. The Hall–Kier alpha value is -2.40. The number of likely N-dealkylation sites (tertiary alicyclic amines) is 1. The average molecular weight is 425 g/mol. The van der Waals surface area contributed by atoms with Gasteiger partial charge in [-0.25, -0.2) is 22.2 Å². The zero-order valence-corrected chi connectivity index (χ0v) is 17.3. The van der Waals surface area contributed by atoms with Gasteiger partial charge in [-0.1, -0.05) is 12.1 Å². The summed E-state index contributed by atoms with van der Waals surface area (Å²) >= 11 is 0. The number of halogens is 1. The lowest BCUT2D eigenvalue weighted by molar-refractivity contribution is -0.137. The number of hydrogen-bond acceptors (Lipinski definition) is 6. The monoisotopic (exact) mass is 424 g/mol. The number of aromatic nitrogens is 4. The lowest BCUT2D eigenvalue weighted by Gasteiger charge is -2.35. The molecule has 2 atom stereocenters. The molecule has 11 heteroatoms. The fourth-order valence-corrected chi connectivity index (χ4v) is 4.14. The van der Waals surface area contributed by atoms with Crippen molar-refractivity contribution in [1.29, 1.82) is 0 Å². The Morgan fingerprint density at radius 3 is 2.86 bits per heavy atom. The number of hydrogen-bond donors (Lipinski definition) is 1. The van der Waals surface area contributed by atoms with E-state index < -0.39 is 16.1 Å². The van der Waals surface area contributed by atoms with Gasteiger partial charge in [0.05, 0.1) is 6.26 Å². The number of carbonyl (C=O) groups excluding carboxylic acids is 1. The third-order valence-corrected chi connectivity index (χ3v) is 5.71. The van der Waals surface area contributed by atoms with E-state index in [9.17, 15) is 17.6 Å². The van der Waals surface area contributed by atoms with Crippen molar-refractivity contribution in [3.63, 3.8) is 0 Å². The minimum atomic E-state index is -3.28. The summed E-state index contributed by atoms with van der Waals surface area (Å²) in [5.74, 6) is 0.00000699. The van der Waals surface area contributed by atoms with Gasteiger partial charge in [-0.15, -0.1) is 5.10 Å². The maximum atomic E-state index is 13.6. The van der Waals surface area contributed by atoms with Gasteiger partial charge in [0.1, 0.15) is 17.7 Å². The van der Waals surface area contributed by atoms with Crippen molar-refractivity contribution in [2.75, 3.05) is 25.9 Å². The number of sulfonamides is 1. The van der Waals surface area contributed by atoms with Crippen LogP contribution >= 0.6 is 0 Å². The van der Waals surface area contributed by atoms with Crippen LogP contribution in [0, 0.1) is 18.7 Å². The lowest BCUT2D eigenvalue weighted by Crippen LogP contribution is -2.46. The van der Waals surface area contributed by atoms with Crippen LogP contribution in [0.1, 0.15) is 30.3 Å². The van der Waals surface area contributed by atoms with Gasteiger partial charge in [0, 0.05) is 26.1 Å². The zero-order valence-electron chi connectivity index (χ0n) is 16.5. The molecule has 1 aromatic carbocycles. The molecular formula is C18H25FN6O3S. The highest BCUT2D eigenvalue weighted by atomic mass is 32.2. The third kappa shape index (κ3) is 5.80. The predicted octanol–water partition coefficient (Wildman–Crippen LogP) is 0.692. The second kappa shape index (κ2) is 8.95. The topological polar surface area (TPSA) is 110 Å². The Morgan fingerprint density at radius 2 is 2.21 bits per heavy atom. The number of amides is 1. The van der Waals surface area contributed by atoms with E-state index in [0.29, 0.717) is 31.0 Å². The molecule has 1 aromatic heterocycles. The molecule has 0 aliphatic carbocycles. The van der Waals surface area contributed by atoms with Crippen LogP contribution in [0.25, 0.3) is 0 Å². The molecule has 0 radical (unpaired) electrons. The molecule has 3 rings (SSSR count).